The Morgan fingerprint density at radius 2 is 0.743 bits per heavy atom. The fourth-order valence-corrected chi connectivity index (χ4v) is 1.55. The molecular formula is C12H2F22O. The van der Waals surface area contributed by atoms with Gasteiger partial charge in [-0.2, -0.15) is 96.6 Å². The molecule has 0 bridgehead atoms. The Balaban J connectivity index is 6.24. The molecule has 0 aliphatic heterocycles. The highest BCUT2D eigenvalue weighted by Gasteiger charge is 2.87. The fraction of sp³-hybridized carbons (Fsp3) is 0.833. The normalized spacial score (nSPS) is 16.9. The standard InChI is InChI=1S/C12H2F22O/c13-2(5(17,18)7(21,22)9(25,26)11(29,30)31)3(14)35-1-4(15,16)6(19,20)8(23,24)10(27,28)12(32,33)34/h1H2. The minimum atomic E-state index is -8.16. The van der Waals surface area contributed by atoms with E-state index in [4.69, 9.17) is 0 Å². The number of halogens is 22. The fourth-order valence-electron chi connectivity index (χ4n) is 1.55. The molecule has 0 rings (SSSR count). The van der Waals surface area contributed by atoms with E-state index >= 15 is 0 Å². The molecule has 0 atom stereocenters. The first-order valence-corrected chi connectivity index (χ1v) is 7.25. The maximum Gasteiger partial charge on any atom is 0.460 e. The van der Waals surface area contributed by atoms with E-state index in [0.717, 1.165) is 0 Å². The minimum Gasteiger partial charge on any atom is -0.462 e. The number of allylic oxidation sites excluding steroid dienone is 1. The van der Waals surface area contributed by atoms with Crippen LogP contribution >= 0.6 is 0 Å². The number of rotatable bonds is 9. The van der Waals surface area contributed by atoms with Gasteiger partial charge in [-0.05, 0) is 0 Å². The molecule has 0 heterocycles. The SMILES string of the molecule is FC(OCC(F)(F)C(F)(F)C(F)(F)C(F)(F)C(F)(F)F)=C(F)C(F)(F)C(F)(F)C(F)(F)C(F)(F)F. The van der Waals surface area contributed by atoms with Crippen molar-refractivity contribution in [1.82, 2.24) is 0 Å². The maximum atomic E-state index is 13.1. The van der Waals surface area contributed by atoms with Crippen LogP contribution in [-0.2, 0) is 4.74 Å². The molecule has 0 unspecified atom stereocenters. The van der Waals surface area contributed by atoms with Gasteiger partial charge in [0.25, 0.3) is 0 Å². The molecule has 0 aliphatic carbocycles. The Labute approximate surface area is 175 Å². The van der Waals surface area contributed by atoms with Crippen LogP contribution in [0.15, 0.2) is 11.8 Å². The first kappa shape index (κ1) is 33.0. The second-order valence-corrected chi connectivity index (χ2v) is 6.02. The van der Waals surface area contributed by atoms with Gasteiger partial charge in [0, 0.05) is 0 Å². The monoisotopic (exact) mass is 580 g/mol. The molecule has 0 amide bonds. The summed E-state index contributed by atoms with van der Waals surface area (Å²) in [5.74, 6) is -60.0. The van der Waals surface area contributed by atoms with Gasteiger partial charge in [-0.25, -0.2) is 0 Å². The molecule has 1 nitrogen and oxygen atoms in total. The van der Waals surface area contributed by atoms with Crippen molar-refractivity contribution in [3.05, 3.63) is 11.8 Å². The van der Waals surface area contributed by atoms with Crippen LogP contribution in [0, 0.1) is 0 Å². The van der Waals surface area contributed by atoms with E-state index < -0.39 is 72.3 Å². The Morgan fingerprint density at radius 1 is 0.429 bits per heavy atom. The van der Waals surface area contributed by atoms with Crippen molar-refractivity contribution in [2.45, 2.75) is 53.8 Å². The molecule has 35 heavy (non-hydrogen) atoms. The summed E-state index contributed by atoms with van der Waals surface area (Å²) in [6.45, 7) is -4.15. The molecule has 0 aromatic heterocycles. The zero-order valence-corrected chi connectivity index (χ0v) is 14.9. The highest BCUT2D eigenvalue weighted by Crippen LogP contribution is 2.58. The van der Waals surface area contributed by atoms with E-state index in [-0.39, 0.29) is 0 Å². The molecule has 0 saturated heterocycles. The van der Waals surface area contributed by atoms with Crippen LogP contribution < -0.4 is 0 Å². The molecule has 0 aromatic carbocycles. The molecule has 0 N–H and O–H groups in total. The van der Waals surface area contributed by atoms with Crippen molar-refractivity contribution in [3.8, 4) is 0 Å². The van der Waals surface area contributed by atoms with Crippen LogP contribution in [0.1, 0.15) is 0 Å². The third kappa shape index (κ3) is 4.86. The van der Waals surface area contributed by atoms with E-state index in [1.165, 1.54) is 0 Å². The average Bonchev–Trinajstić information content (AvgIpc) is 2.62. The minimum absolute atomic E-state index is 2.24. The maximum absolute atomic E-state index is 13.1. The average molecular weight is 580 g/mol. The second kappa shape index (κ2) is 8.54. The van der Waals surface area contributed by atoms with Crippen LogP contribution in [0.3, 0.4) is 0 Å². The van der Waals surface area contributed by atoms with Crippen molar-refractivity contribution in [2.24, 2.45) is 0 Å². The lowest BCUT2D eigenvalue weighted by Crippen LogP contribution is -2.67. The van der Waals surface area contributed by atoms with E-state index in [1.807, 2.05) is 0 Å². The van der Waals surface area contributed by atoms with Gasteiger partial charge < -0.3 is 4.74 Å². The van der Waals surface area contributed by atoms with Gasteiger partial charge in [-0.3, -0.25) is 0 Å². The summed E-state index contributed by atoms with van der Waals surface area (Å²) in [6, 6.07) is -4.48. The molecule has 23 heteroatoms. The van der Waals surface area contributed by atoms with Gasteiger partial charge in [0.15, 0.2) is 6.61 Å². The summed E-state index contributed by atoms with van der Waals surface area (Å²) < 4.78 is 279. The summed E-state index contributed by atoms with van der Waals surface area (Å²) in [7, 11) is 0. The highest BCUT2D eigenvalue weighted by atomic mass is 19.4. The third-order valence-electron chi connectivity index (χ3n) is 3.58. The lowest BCUT2D eigenvalue weighted by atomic mass is 9.98. The first-order chi connectivity index (χ1) is 14.8. The van der Waals surface area contributed by atoms with Crippen LogP contribution in [0.2, 0.25) is 0 Å². The molecule has 0 radical (unpaired) electrons. The third-order valence-corrected chi connectivity index (χ3v) is 3.58. The van der Waals surface area contributed by atoms with Crippen molar-refractivity contribution in [1.29, 1.82) is 0 Å². The molecular weight excluding hydrogens is 578 g/mol. The Morgan fingerprint density at radius 3 is 1.06 bits per heavy atom. The number of hydrogen-bond donors (Lipinski definition) is 0. The van der Waals surface area contributed by atoms with Crippen molar-refractivity contribution in [2.75, 3.05) is 6.61 Å². The van der Waals surface area contributed by atoms with Gasteiger partial charge >= 0.3 is 59.8 Å². The van der Waals surface area contributed by atoms with Crippen LogP contribution in [0.25, 0.3) is 0 Å². The van der Waals surface area contributed by atoms with Gasteiger partial charge in [0.2, 0.25) is 5.83 Å². The summed E-state index contributed by atoms with van der Waals surface area (Å²) in [5, 5.41) is 0. The predicted octanol–water partition coefficient (Wildman–Crippen LogP) is 7.68. The summed E-state index contributed by atoms with van der Waals surface area (Å²) in [4.78, 5) is 0. The van der Waals surface area contributed by atoms with Crippen molar-refractivity contribution in [3.63, 3.8) is 0 Å². The predicted molar refractivity (Wildman–Crippen MR) is 61.9 cm³/mol. The summed E-state index contributed by atoms with van der Waals surface area (Å²) in [5.41, 5.74) is 0. The summed E-state index contributed by atoms with van der Waals surface area (Å²) in [6.07, 6.45) is -15.3. The quantitative estimate of drug-likeness (QED) is 0.201. The largest absolute Gasteiger partial charge is 0.462 e. The number of ether oxygens (including phenoxy) is 1. The summed E-state index contributed by atoms with van der Waals surface area (Å²) >= 11 is 0. The molecule has 0 fully saturated rings. The van der Waals surface area contributed by atoms with Gasteiger partial charge in [-0.1, -0.05) is 0 Å². The van der Waals surface area contributed by atoms with Crippen LogP contribution in [-0.4, -0.2) is 60.4 Å². The van der Waals surface area contributed by atoms with E-state index in [9.17, 15) is 96.6 Å². The van der Waals surface area contributed by atoms with Gasteiger partial charge in [-0.15, -0.1) is 0 Å². The Kier molecular flexibility index (Phi) is 8.05. The molecule has 0 aliphatic rings. The van der Waals surface area contributed by atoms with Crippen LogP contribution in [0.5, 0.6) is 0 Å². The lowest BCUT2D eigenvalue weighted by molar-refractivity contribution is -0.424. The van der Waals surface area contributed by atoms with Crippen molar-refractivity contribution >= 4 is 0 Å². The molecule has 0 spiro atoms. The number of hydrogen-bond acceptors (Lipinski definition) is 1. The lowest BCUT2D eigenvalue weighted by Gasteiger charge is -2.37. The molecule has 0 aromatic rings. The zero-order valence-electron chi connectivity index (χ0n) is 14.9. The van der Waals surface area contributed by atoms with E-state index in [1.54, 1.807) is 0 Å². The number of alkyl halides is 20. The first-order valence-electron chi connectivity index (χ1n) is 7.25. The van der Waals surface area contributed by atoms with Crippen molar-refractivity contribution < 1.29 is 101 Å². The molecule has 0 saturated carbocycles. The zero-order chi connectivity index (χ0) is 29.1. The Bertz CT molecular complexity index is 796. The second-order valence-electron chi connectivity index (χ2n) is 6.02. The van der Waals surface area contributed by atoms with Gasteiger partial charge in [0.05, 0.1) is 0 Å². The van der Waals surface area contributed by atoms with E-state index in [2.05, 4.69) is 4.74 Å². The van der Waals surface area contributed by atoms with E-state index in [0.29, 0.717) is 0 Å². The smallest absolute Gasteiger partial charge is 0.460 e. The topological polar surface area (TPSA) is 9.23 Å². The van der Waals surface area contributed by atoms with Crippen LogP contribution in [0.4, 0.5) is 96.6 Å². The van der Waals surface area contributed by atoms with Gasteiger partial charge in [0.1, 0.15) is 0 Å². The highest BCUT2D eigenvalue weighted by molar-refractivity contribution is 5.16. The Hall–Kier alpha value is -2.00. The molecule has 210 valence electrons.